The van der Waals surface area contributed by atoms with Crippen molar-refractivity contribution in [2.75, 3.05) is 25.0 Å². The summed E-state index contributed by atoms with van der Waals surface area (Å²) in [5, 5.41) is 5.59. The zero-order valence-electron chi connectivity index (χ0n) is 11.2. The molecular weight excluding hydrogens is 245 g/mol. The Morgan fingerprint density at radius 3 is 2.68 bits per heavy atom. The third-order valence-corrected chi connectivity index (χ3v) is 3.22. The molecule has 0 saturated carbocycles. The van der Waals surface area contributed by atoms with Crippen LogP contribution in [0.4, 0.5) is 14.9 Å². The van der Waals surface area contributed by atoms with Crippen LogP contribution in [0.3, 0.4) is 0 Å². The highest BCUT2D eigenvalue weighted by Crippen LogP contribution is 2.11. The first-order valence-corrected chi connectivity index (χ1v) is 6.73. The number of unbranched alkanes of at least 4 members (excludes halogenated alkanes) is 1. The van der Waals surface area contributed by atoms with E-state index in [2.05, 4.69) is 22.5 Å². The highest BCUT2D eigenvalue weighted by atomic mass is 19.1. The molecule has 1 heterocycles. The monoisotopic (exact) mass is 265 g/mol. The van der Waals surface area contributed by atoms with E-state index in [0.717, 1.165) is 19.6 Å². The molecule has 1 aliphatic rings. The molecule has 1 aromatic rings. The summed E-state index contributed by atoms with van der Waals surface area (Å²) in [6.45, 7) is 5.10. The van der Waals surface area contributed by atoms with Crippen molar-refractivity contribution >= 4 is 11.7 Å². The Labute approximate surface area is 113 Å². The van der Waals surface area contributed by atoms with E-state index in [9.17, 15) is 9.18 Å². The van der Waals surface area contributed by atoms with Gasteiger partial charge in [0, 0.05) is 18.8 Å². The van der Waals surface area contributed by atoms with E-state index < -0.39 is 0 Å². The molecule has 1 aliphatic heterocycles. The van der Waals surface area contributed by atoms with Gasteiger partial charge in [0.2, 0.25) is 0 Å². The molecule has 0 spiro atoms. The Balaban J connectivity index is 1.67. The highest BCUT2D eigenvalue weighted by molar-refractivity contribution is 5.89. The van der Waals surface area contributed by atoms with Gasteiger partial charge >= 0.3 is 6.03 Å². The first-order chi connectivity index (χ1) is 9.17. The largest absolute Gasteiger partial charge is 0.333 e. The van der Waals surface area contributed by atoms with Crippen LogP contribution >= 0.6 is 0 Å². The minimum absolute atomic E-state index is 0.220. The number of likely N-dealkylation sites (tertiary alicyclic amines) is 1. The molecule has 0 bridgehead atoms. The van der Waals surface area contributed by atoms with Crippen LogP contribution in [-0.2, 0) is 0 Å². The molecule has 5 heteroatoms. The summed E-state index contributed by atoms with van der Waals surface area (Å²) in [5.74, 6) is -0.309. The summed E-state index contributed by atoms with van der Waals surface area (Å²) < 4.78 is 12.7. The number of urea groups is 1. The van der Waals surface area contributed by atoms with Gasteiger partial charge in [-0.25, -0.2) is 9.18 Å². The first kappa shape index (κ1) is 13.8. The van der Waals surface area contributed by atoms with E-state index in [1.54, 1.807) is 12.1 Å². The van der Waals surface area contributed by atoms with E-state index >= 15 is 0 Å². The van der Waals surface area contributed by atoms with Crippen molar-refractivity contribution in [3.05, 3.63) is 30.1 Å². The van der Waals surface area contributed by atoms with Crippen LogP contribution in [0, 0.1) is 5.82 Å². The summed E-state index contributed by atoms with van der Waals surface area (Å²) in [6.07, 6.45) is 2.40. The molecule has 2 amide bonds. The van der Waals surface area contributed by atoms with Gasteiger partial charge in [0.15, 0.2) is 0 Å². The Morgan fingerprint density at radius 2 is 2.05 bits per heavy atom. The second-order valence-corrected chi connectivity index (χ2v) is 4.92. The SMILES string of the molecule is CCCCN1CC(NC(=O)Nc2ccc(F)cc2)C1. The van der Waals surface area contributed by atoms with Gasteiger partial charge in [-0.1, -0.05) is 13.3 Å². The second kappa shape index (κ2) is 6.52. The van der Waals surface area contributed by atoms with Gasteiger partial charge in [-0.2, -0.15) is 0 Å². The lowest BCUT2D eigenvalue weighted by Gasteiger charge is -2.39. The van der Waals surface area contributed by atoms with Crippen LogP contribution in [0.5, 0.6) is 0 Å². The van der Waals surface area contributed by atoms with Gasteiger partial charge in [0.05, 0.1) is 6.04 Å². The number of nitrogens with one attached hydrogen (secondary N) is 2. The van der Waals surface area contributed by atoms with Crippen LogP contribution in [0.2, 0.25) is 0 Å². The Hall–Kier alpha value is -1.62. The molecule has 104 valence electrons. The number of carbonyl (C=O) groups excluding carboxylic acids is 1. The maximum Gasteiger partial charge on any atom is 0.319 e. The standard InChI is InChI=1S/C14H20FN3O/c1-2-3-8-18-9-13(10-18)17-14(19)16-12-6-4-11(15)5-7-12/h4-7,13H,2-3,8-10H2,1H3,(H2,16,17,19). The fourth-order valence-corrected chi connectivity index (χ4v) is 2.11. The highest BCUT2D eigenvalue weighted by Gasteiger charge is 2.27. The van der Waals surface area contributed by atoms with Crippen LogP contribution in [-0.4, -0.2) is 36.6 Å². The zero-order chi connectivity index (χ0) is 13.7. The number of carbonyl (C=O) groups is 1. The molecule has 2 N–H and O–H groups in total. The molecule has 2 rings (SSSR count). The summed E-state index contributed by atoms with van der Waals surface area (Å²) in [6, 6.07) is 5.73. The maximum atomic E-state index is 12.7. The third kappa shape index (κ3) is 4.21. The van der Waals surface area contributed by atoms with Crippen LogP contribution in [0.15, 0.2) is 24.3 Å². The number of benzene rings is 1. The molecule has 4 nitrogen and oxygen atoms in total. The molecule has 0 aliphatic carbocycles. The fourth-order valence-electron chi connectivity index (χ4n) is 2.11. The molecule has 0 radical (unpaired) electrons. The predicted octanol–water partition coefficient (Wildman–Crippen LogP) is 2.43. The number of amides is 2. The second-order valence-electron chi connectivity index (χ2n) is 4.92. The molecule has 0 unspecified atom stereocenters. The van der Waals surface area contributed by atoms with Gasteiger partial charge in [-0.05, 0) is 37.2 Å². The molecule has 1 saturated heterocycles. The maximum absolute atomic E-state index is 12.7. The summed E-state index contributed by atoms with van der Waals surface area (Å²) in [4.78, 5) is 14.0. The Kier molecular flexibility index (Phi) is 4.74. The van der Waals surface area contributed by atoms with E-state index in [1.807, 2.05) is 0 Å². The first-order valence-electron chi connectivity index (χ1n) is 6.73. The van der Waals surface area contributed by atoms with Gasteiger partial charge in [-0.3, -0.25) is 4.90 Å². The lowest BCUT2D eigenvalue weighted by atomic mass is 10.1. The van der Waals surface area contributed by atoms with Crippen molar-refractivity contribution in [3.8, 4) is 0 Å². The Bertz CT molecular complexity index is 415. The van der Waals surface area contributed by atoms with Crippen molar-refractivity contribution in [3.63, 3.8) is 0 Å². The van der Waals surface area contributed by atoms with Crippen LogP contribution in [0.1, 0.15) is 19.8 Å². The van der Waals surface area contributed by atoms with E-state index in [4.69, 9.17) is 0 Å². The molecule has 0 atom stereocenters. The Morgan fingerprint density at radius 1 is 1.37 bits per heavy atom. The van der Waals surface area contributed by atoms with Crippen molar-refractivity contribution in [2.24, 2.45) is 0 Å². The molecular formula is C14H20FN3O. The zero-order valence-corrected chi connectivity index (χ0v) is 11.2. The van der Waals surface area contributed by atoms with Crippen LogP contribution in [0.25, 0.3) is 0 Å². The van der Waals surface area contributed by atoms with Gasteiger partial charge in [-0.15, -0.1) is 0 Å². The lowest BCUT2D eigenvalue weighted by Crippen LogP contribution is -2.59. The minimum atomic E-state index is -0.309. The summed E-state index contributed by atoms with van der Waals surface area (Å²) in [5.41, 5.74) is 0.598. The average molecular weight is 265 g/mol. The minimum Gasteiger partial charge on any atom is -0.333 e. The molecule has 0 aromatic heterocycles. The molecule has 1 aromatic carbocycles. The summed E-state index contributed by atoms with van der Waals surface area (Å²) in [7, 11) is 0. The van der Waals surface area contributed by atoms with Crippen molar-refractivity contribution in [1.29, 1.82) is 0 Å². The lowest BCUT2D eigenvalue weighted by molar-refractivity contribution is 0.130. The number of anilines is 1. The van der Waals surface area contributed by atoms with E-state index in [1.165, 1.54) is 25.0 Å². The number of nitrogens with zero attached hydrogens (tertiary/aromatic N) is 1. The van der Waals surface area contributed by atoms with Crippen molar-refractivity contribution in [1.82, 2.24) is 10.2 Å². The number of hydrogen-bond donors (Lipinski definition) is 2. The summed E-state index contributed by atoms with van der Waals surface area (Å²) >= 11 is 0. The van der Waals surface area contributed by atoms with Gasteiger partial charge in [0.25, 0.3) is 0 Å². The van der Waals surface area contributed by atoms with Gasteiger partial charge < -0.3 is 10.6 Å². The molecule has 1 fully saturated rings. The van der Waals surface area contributed by atoms with Crippen molar-refractivity contribution in [2.45, 2.75) is 25.8 Å². The van der Waals surface area contributed by atoms with E-state index in [-0.39, 0.29) is 17.9 Å². The van der Waals surface area contributed by atoms with Gasteiger partial charge in [0.1, 0.15) is 5.82 Å². The predicted molar refractivity (Wildman–Crippen MR) is 73.7 cm³/mol. The number of hydrogen-bond acceptors (Lipinski definition) is 2. The van der Waals surface area contributed by atoms with Crippen LogP contribution < -0.4 is 10.6 Å². The number of halogens is 1. The average Bonchev–Trinajstić information content (AvgIpc) is 2.35. The smallest absolute Gasteiger partial charge is 0.319 e. The van der Waals surface area contributed by atoms with Crippen molar-refractivity contribution < 1.29 is 9.18 Å². The topological polar surface area (TPSA) is 44.4 Å². The third-order valence-electron chi connectivity index (χ3n) is 3.22. The normalized spacial score (nSPS) is 15.9. The fraction of sp³-hybridized carbons (Fsp3) is 0.500. The number of rotatable bonds is 5. The van der Waals surface area contributed by atoms with E-state index in [0.29, 0.717) is 5.69 Å². The molecule has 19 heavy (non-hydrogen) atoms. The quantitative estimate of drug-likeness (QED) is 0.858.